The number of sulfone groups is 1. The van der Waals surface area contributed by atoms with Crippen molar-refractivity contribution >= 4 is 15.6 Å². The van der Waals surface area contributed by atoms with Gasteiger partial charge in [-0.2, -0.15) is 0 Å². The van der Waals surface area contributed by atoms with Crippen LogP contribution in [0.3, 0.4) is 0 Å². The van der Waals surface area contributed by atoms with Crippen LogP contribution in [-0.2, 0) is 14.6 Å². The second kappa shape index (κ2) is 5.64. The van der Waals surface area contributed by atoms with Crippen molar-refractivity contribution < 1.29 is 13.2 Å². The third-order valence-electron chi connectivity index (χ3n) is 2.98. The van der Waals surface area contributed by atoms with Crippen molar-refractivity contribution in [2.45, 2.75) is 45.4 Å². The highest BCUT2D eigenvalue weighted by atomic mass is 32.2. The summed E-state index contributed by atoms with van der Waals surface area (Å²) in [4.78, 5) is 11.6. The summed E-state index contributed by atoms with van der Waals surface area (Å²) in [5, 5.41) is 0. The van der Waals surface area contributed by atoms with Gasteiger partial charge in [0.15, 0.2) is 15.6 Å². The highest BCUT2D eigenvalue weighted by molar-refractivity contribution is 7.92. The van der Waals surface area contributed by atoms with E-state index in [1.165, 1.54) is 0 Å². The Hall–Kier alpha value is -0.380. The van der Waals surface area contributed by atoms with Gasteiger partial charge in [0.2, 0.25) is 0 Å². The first-order valence-corrected chi connectivity index (χ1v) is 7.60. The predicted molar refractivity (Wildman–Crippen MR) is 60.5 cm³/mol. The summed E-state index contributed by atoms with van der Waals surface area (Å²) < 4.78 is 23.1. The zero-order valence-corrected chi connectivity index (χ0v) is 10.2. The predicted octanol–water partition coefficient (Wildman–Crippen LogP) is 1.96. The van der Waals surface area contributed by atoms with Crippen LogP contribution in [0.2, 0.25) is 0 Å². The van der Waals surface area contributed by atoms with Crippen LogP contribution in [0, 0.1) is 5.92 Å². The smallest absolute Gasteiger partial charge is 0.157 e. The van der Waals surface area contributed by atoms with E-state index in [4.69, 9.17) is 0 Å². The standard InChI is InChI=1S/C11H20O3S/c1-2-3-8-15(13,14)9-11(12)10-6-4-5-7-10/h10H,2-9H2,1H3. The molecule has 0 unspecified atom stereocenters. The third kappa shape index (κ3) is 4.33. The minimum absolute atomic E-state index is 0.0291. The normalized spacial score (nSPS) is 18.2. The number of carbonyl (C=O) groups is 1. The topological polar surface area (TPSA) is 51.2 Å². The fraction of sp³-hybridized carbons (Fsp3) is 0.909. The van der Waals surface area contributed by atoms with E-state index in [9.17, 15) is 13.2 Å². The van der Waals surface area contributed by atoms with Crippen molar-refractivity contribution in [2.75, 3.05) is 11.5 Å². The highest BCUT2D eigenvalue weighted by Crippen LogP contribution is 2.25. The fourth-order valence-corrected chi connectivity index (χ4v) is 3.56. The molecule has 1 aliphatic carbocycles. The Bertz CT molecular complexity index is 300. The summed E-state index contributed by atoms with van der Waals surface area (Å²) >= 11 is 0. The second-order valence-corrected chi connectivity index (χ2v) is 6.58. The van der Waals surface area contributed by atoms with Crippen molar-refractivity contribution in [3.63, 3.8) is 0 Å². The first-order chi connectivity index (χ1) is 7.05. The quantitative estimate of drug-likeness (QED) is 0.703. The van der Waals surface area contributed by atoms with Crippen molar-refractivity contribution in [3.05, 3.63) is 0 Å². The Kier molecular flexibility index (Phi) is 4.77. The van der Waals surface area contributed by atoms with Crippen LogP contribution in [0.1, 0.15) is 45.4 Å². The number of carbonyl (C=O) groups excluding carboxylic acids is 1. The second-order valence-electron chi connectivity index (χ2n) is 4.39. The van der Waals surface area contributed by atoms with Crippen molar-refractivity contribution in [3.8, 4) is 0 Å². The van der Waals surface area contributed by atoms with Gasteiger partial charge in [-0.3, -0.25) is 4.79 Å². The zero-order valence-electron chi connectivity index (χ0n) is 9.37. The summed E-state index contributed by atoms with van der Waals surface area (Å²) in [6.45, 7) is 1.95. The van der Waals surface area contributed by atoms with Gasteiger partial charge in [-0.1, -0.05) is 26.2 Å². The third-order valence-corrected chi connectivity index (χ3v) is 4.62. The van der Waals surface area contributed by atoms with Gasteiger partial charge in [0.1, 0.15) is 5.75 Å². The maximum Gasteiger partial charge on any atom is 0.157 e. The van der Waals surface area contributed by atoms with Crippen molar-refractivity contribution in [1.29, 1.82) is 0 Å². The Morgan fingerprint density at radius 1 is 1.27 bits per heavy atom. The van der Waals surface area contributed by atoms with Gasteiger partial charge in [-0.25, -0.2) is 8.42 Å². The SMILES string of the molecule is CCCCS(=O)(=O)CC(=O)C1CCCC1. The lowest BCUT2D eigenvalue weighted by atomic mass is 10.0. The lowest BCUT2D eigenvalue weighted by Gasteiger charge is -2.08. The van der Waals surface area contributed by atoms with Gasteiger partial charge in [0.25, 0.3) is 0 Å². The van der Waals surface area contributed by atoms with Gasteiger partial charge in [-0.15, -0.1) is 0 Å². The molecule has 1 rings (SSSR count). The molecule has 15 heavy (non-hydrogen) atoms. The van der Waals surface area contributed by atoms with Crippen LogP contribution in [0.25, 0.3) is 0 Å². The number of hydrogen-bond acceptors (Lipinski definition) is 3. The Morgan fingerprint density at radius 2 is 1.87 bits per heavy atom. The minimum atomic E-state index is -3.13. The van der Waals surface area contributed by atoms with Crippen LogP contribution in [0.5, 0.6) is 0 Å². The highest BCUT2D eigenvalue weighted by Gasteiger charge is 2.26. The summed E-state index contributed by atoms with van der Waals surface area (Å²) in [6.07, 6.45) is 5.46. The van der Waals surface area contributed by atoms with Crippen LogP contribution in [0.4, 0.5) is 0 Å². The van der Waals surface area contributed by atoms with E-state index in [0.717, 1.165) is 32.1 Å². The van der Waals surface area contributed by atoms with Gasteiger partial charge in [0.05, 0.1) is 5.75 Å². The molecule has 4 heteroatoms. The Morgan fingerprint density at radius 3 is 2.40 bits per heavy atom. The maximum absolute atomic E-state index is 11.6. The van der Waals surface area contributed by atoms with Gasteiger partial charge >= 0.3 is 0 Å². The first kappa shape index (κ1) is 12.7. The van der Waals surface area contributed by atoms with E-state index in [0.29, 0.717) is 6.42 Å². The number of hydrogen-bond donors (Lipinski definition) is 0. The summed E-state index contributed by atoms with van der Waals surface area (Å²) in [6, 6.07) is 0. The minimum Gasteiger partial charge on any atom is -0.298 e. The lowest BCUT2D eigenvalue weighted by Crippen LogP contribution is -2.23. The lowest BCUT2D eigenvalue weighted by molar-refractivity contribution is -0.120. The largest absolute Gasteiger partial charge is 0.298 e. The molecule has 0 heterocycles. The molecule has 0 amide bonds. The summed E-state index contributed by atoms with van der Waals surface area (Å²) in [5.74, 6) is -0.0791. The molecule has 1 aliphatic rings. The molecule has 0 aromatic carbocycles. The molecular formula is C11H20O3S. The van der Waals surface area contributed by atoms with Crippen LogP contribution >= 0.6 is 0 Å². The van der Waals surface area contributed by atoms with E-state index in [2.05, 4.69) is 0 Å². The molecule has 0 aliphatic heterocycles. The van der Waals surface area contributed by atoms with Crippen LogP contribution in [-0.4, -0.2) is 25.7 Å². The zero-order chi connectivity index (χ0) is 11.3. The van der Waals surface area contributed by atoms with Crippen molar-refractivity contribution in [1.82, 2.24) is 0 Å². The van der Waals surface area contributed by atoms with E-state index in [1.807, 2.05) is 6.92 Å². The Labute approximate surface area is 92.2 Å². The monoisotopic (exact) mass is 232 g/mol. The van der Waals surface area contributed by atoms with Crippen LogP contribution < -0.4 is 0 Å². The molecule has 1 saturated carbocycles. The maximum atomic E-state index is 11.6. The van der Waals surface area contributed by atoms with E-state index in [-0.39, 0.29) is 23.2 Å². The fourth-order valence-electron chi connectivity index (χ4n) is 2.02. The number of unbranched alkanes of at least 4 members (excludes halogenated alkanes) is 1. The average molecular weight is 232 g/mol. The molecule has 0 bridgehead atoms. The van der Waals surface area contributed by atoms with Gasteiger partial charge in [-0.05, 0) is 19.3 Å². The summed E-state index contributed by atoms with van der Waals surface area (Å²) in [7, 11) is -3.13. The van der Waals surface area contributed by atoms with Crippen molar-refractivity contribution in [2.24, 2.45) is 5.92 Å². The molecule has 88 valence electrons. The molecule has 0 atom stereocenters. The molecule has 3 nitrogen and oxygen atoms in total. The molecule has 0 saturated heterocycles. The molecule has 0 spiro atoms. The molecular weight excluding hydrogens is 212 g/mol. The molecule has 1 fully saturated rings. The van der Waals surface area contributed by atoms with Crippen LogP contribution in [0.15, 0.2) is 0 Å². The number of Topliss-reactive ketones (excluding diaryl/α,β-unsaturated/α-hetero) is 1. The number of ketones is 1. The van der Waals surface area contributed by atoms with E-state index in [1.54, 1.807) is 0 Å². The van der Waals surface area contributed by atoms with E-state index < -0.39 is 9.84 Å². The Balaban J connectivity index is 2.42. The molecule has 0 aromatic heterocycles. The van der Waals surface area contributed by atoms with Gasteiger partial charge < -0.3 is 0 Å². The molecule has 0 aromatic rings. The number of rotatable bonds is 6. The van der Waals surface area contributed by atoms with E-state index >= 15 is 0 Å². The molecule has 0 N–H and O–H groups in total. The molecule has 0 radical (unpaired) electrons. The van der Waals surface area contributed by atoms with Gasteiger partial charge in [0, 0.05) is 5.92 Å². The average Bonchev–Trinajstić information content (AvgIpc) is 2.67. The summed E-state index contributed by atoms with van der Waals surface area (Å²) in [5.41, 5.74) is 0. The first-order valence-electron chi connectivity index (χ1n) is 5.78.